The van der Waals surface area contributed by atoms with Crippen molar-refractivity contribution in [2.24, 2.45) is 0 Å². The Kier molecular flexibility index (Phi) is 7.27. The molecule has 0 aromatic heterocycles. The molecule has 1 heterocycles. The van der Waals surface area contributed by atoms with E-state index in [1.165, 1.54) is 11.0 Å². The number of nitrogens with one attached hydrogen (secondary N) is 1. The number of fused-ring (bicyclic) bond motifs is 1. The van der Waals surface area contributed by atoms with Crippen LogP contribution >= 0.6 is 0 Å². The number of hydrogen-bond acceptors (Lipinski definition) is 5. The van der Waals surface area contributed by atoms with Crippen LogP contribution in [0.1, 0.15) is 18.4 Å². The summed E-state index contributed by atoms with van der Waals surface area (Å²) in [7, 11) is 1.60. The second-order valence-electron chi connectivity index (χ2n) is 7.72. The molecule has 8 heteroatoms. The third kappa shape index (κ3) is 5.64. The SMILES string of the molecule is COc1ccc(OCCCC(=O)Nc2ccc3c(c2)OCC(=O)N3Cc2ccccc2F)cc1. The Morgan fingerprint density at radius 1 is 1.09 bits per heavy atom. The number of hydrogen-bond donors (Lipinski definition) is 1. The molecule has 1 aliphatic rings. The third-order valence-electron chi connectivity index (χ3n) is 5.35. The van der Waals surface area contributed by atoms with Crippen molar-refractivity contribution in [1.82, 2.24) is 0 Å². The lowest BCUT2D eigenvalue weighted by Crippen LogP contribution is -2.38. The monoisotopic (exact) mass is 464 g/mol. The summed E-state index contributed by atoms with van der Waals surface area (Å²) in [5.41, 5.74) is 1.50. The molecule has 0 aliphatic carbocycles. The van der Waals surface area contributed by atoms with Gasteiger partial charge >= 0.3 is 0 Å². The van der Waals surface area contributed by atoms with Crippen LogP contribution in [-0.4, -0.2) is 32.1 Å². The highest BCUT2D eigenvalue weighted by atomic mass is 19.1. The molecule has 7 nitrogen and oxygen atoms in total. The van der Waals surface area contributed by atoms with E-state index in [2.05, 4.69) is 5.32 Å². The molecule has 0 atom stereocenters. The van der Waals surface area contributed by atoms with Gasteiger partial charge in [-0.1, -0.05) is 18.2 Å². The zero-order chi connectivity index (χ0) is 23.9. The molecule has 0 fully saturated rings. The standard InChI is InChI=1S/C26H25FN2O5/c1-32-20-9-11-21(12-10-20)33-14-4-7-25(30)28-19-8-13-23-24(15-19)34-17-26(31)29(23)16-18-5-2-3-6-22(18)27/h2-3,5-6,8-13,15H,4,7,14,16-17H2,1H3,(H,28,30). The molecule has 0 saturated carbocycles. The fraction of sp³-hybridized carbons (Fsp3) is 0.231. The maximum Gasteiger partial charge on any atom is 0.265 e. The molecule has 0 bridgehead atoms. The minimum absolute atomic E-state index is 0.0990. The lowest BCUT2D eigenvalue weighted by molar-refractivity contribution is -0.121. The van der Waals surface area contributed by atoms with Crippen LogP contribution < -0.4 is 24.4 Å². The predicted octanol–water partition coefficient (Wildman–Crippen LogP) is 4.56. The molecule has 0 spiro atoms. The maximum atomic E-state index is 14.1. The Labute approximate surface area is 197 Å². The normalized spacial score (nSPS) is 12.5. The summed E-state index contributed by atoms with van der Waals surface area (Å²) in [6.07, 6.45) is 0.830. The van der Waals surface area contributed by atoms with Gasteiger partial charge in [0.1, 0.15) is 23.1 Å². The fourth-order valence-corrected chi connectivity index (χ4v) is 3.57. The van der Waals surface area contributed by atoms with Crippen LogP contribution in [-0.2, 0) is 16.1 Å². The van der Waals surface area contributed by atoms with Crippen molar-refractivity contribution in [2.45, 2.75) is 19.4 Å². The predicted molar refractivity (Wildman–Crippen MR) is 126 cm³/mol. The highest BCUT2D eigenvalue weighted by Gasteiger charge is 2.26. The summed E-state index contributed by atoms with van der Waals surface area (Å²) in [6, 6.07) is 18.6. The number of carbonyl (C=O) groups excluding carboxylic acids is 2. The van der Waals surface area contributed by atoms with E-state index in [9.17, 15) is 14.0 Å². The van der Waals surface area contributed by atoms with Crippen LogP contribution in [0.3, 0.4) is 0 Å². The van der Waals surface area contributed by atoms with Crippen molar-refractivity contribution < 1.29 is 28.2 Å². The van der Waals surface area contributed by atoms with E-state index in [0.717, 1.165) is 5.75 Å². The van der Waals surface area contributed by atoms with Gasteiger partial charge in [0, 0.05) is 23.7 Å². The number of halogens is 1. The molecule has 1 aliphatic heterocycles. The van der Waals surface area contributed by atoms with E-state index in [4.69, 9.17) is 14.2 Å². The smallest absolute Gasteiger partial charge is 0.265 e. The number of amides is 2. The molecule has 1 N–H and O–H groups in total. The summed E-state index contributed by atoms with van der Waals surface area (Å²) in [5.74, 6) is 1.13. The van der Waals surface area contributed by atoms with E-state index >= 15 is 0 Å². The zero-order valence-corrected chi connectivity index (χ0v) is 18.8. The summed E-state index contributed by atoms with van der Waals surface area (Å²) in [6.45, 7) is 0.351. The molecule has 34 heavy (non-hydrogen) atoms. The first-order valence-electron chi connectivity index (χ1n) is 10.9. The van der Waals surface area contributed by atoms with Gasteiger partial charge in [-0.15, -0.1) is 0 Å². The van der Waals surface area contributed by atoms with Crippen molar-refractivity contribution in [3.63, 3.8) is 0 Å². The van der Waals surface area contributed by atoms with Crippen LogP contribution in [0.4, 0.5) is 15.8 Å². The maximum absolute atomic E-state index is 14.1. The van der Waals surface area contributed by atoms with Crippen LogP contribution in [0.25, 0.3) is 0 Å². The van der Waals surface area contributed by atoms with E-state index in [-0.39, 0.29) is 37.2 Å². The van der Waals surface area contributed by atoms with Crippen molar-refractivity contribution >= 4 is 23.2 Å². The second kappa shape index (κ2) is 10.7. The van der Waals surface area contributed by atoms with Gasteiger partial charge in [-0.05, 0) is 48.9 Å². The van der Waals surface area contributed by atoms with Crippen LogP contribution in [0.2, 0.25) is 0 Å². The highest BCUT2D eigenvalue weighted by Crippen LogP contribution is 2.35. The summed E-state index contributed by atoms with van der Waals surface area (Å²) >= 11 is 0. The van der Waals surface area contributed by atoms with Crippen LogP contribution in [0.15, 0.2) is 66.7 Å². The fourth-order valence-electron chi connectivity index (χ4n) is 3.57. The number of nitrogens with zero attached hydrogens (tertiary/aromatic N) is 1. The van der Waals surface area contributed by atoms with E-state index in [0.29, 0.717) is 41.5 Å². The minimum atomic E-state index is -0.372. The average molecular weight is 464 g/mol. The largest absolute Gasteiger partial charge is 0.497 e. The molecule has 0 saturated heterocycles. The Balaban J connectivity index is 1.31. The molecule has 176 valence electrons. The lowest BCUT2D eigenvalue weighted by atomic mass is 10.1. The topological polar surface area (TPSA) is 77.1 Å². The molecule has 0 unspecified atom stereocenters. The Morgan fingerprint density at radius 3 is 2.62 bits per heavy atom. The Morgan fingerprint density at radius 2 is 1.85 bits per heavy atom. The average Bonchev–Trinajstić information content (AvgIpc) is 2.85. The van der Waals surface area contributed by atoms with Gasteiger partial charge in [0.2, 0.25) is 5.91 Å². The summed E-state index contributed by atoms with van der Waals surface area (Å²) < 4.78 is 30.4. The molecule has 3 aromatic carbocycles. The lowest BCUT2D eigenvalue weighted by Gasteiger charge is -2.30. The number of anilines is 2. The first-order chi connectivity index (χ1) is 16.5. The number of ether oxygens (including phenoxy) is 3. The van der Waals surface area contributed by atoms with Gasteiger partial charge < -0.3 is 24.4 Å². The van der Waals surface area contributed by atoms with Crippen molar-refractivity contribution in [2.75, 3.05) is 30.5 Å². The quantitative estimate of drug-likeness (QED) is 0.470. The van der Waals surface area contributed by atoms with E-state index < -0.39 is 0 Å². The van der Waals surface area contributed by atoms with Crippen molar-refractivity contribution in [1.29, 1.82) is 0 Å². The highest BCUT2D eigenvalue weighted by molar-refractivity contribution is 5.99. The van der Waals surface area contributed by atoms with Gasteiger partial charge in [0.15, 0.2) is 6.61 Å². The van der Waals surface area contributed by atoms with Gasteiger partial charge in [-0.2, -0.15) is 0 Å². The molecular formula is C26H25FN2O5. The zero-order valence-electron chi connectivity index (χ0n) is 18.8. The van der Waals surface area contributed by atoms with Crippen molar-refractivity contribution in [3.8, 4) is 17.2 Å². The van der Waals surface area contributed by atoms with Gasteiger partial charge in [0.25, 0.3) is 5.91 Å². The number of rotatable bonds is 9. The van der Waals surface area contributed by atoms with Gasteiger partial charge in [-0.25, -0.2) is 4.39 Å². The first kappa shape index (κ1) is 23.1. The molecule has 2 amide bonds. The number of methoxy groups -OCH3 is 1. The van der Waals surface area contributed by atoms with E-state index in [1.807, 2.05) is 24.3 Å². The number of carbonyl (C=O) groups is 2. The van der Waals surface area contributed by atoms with Gasteiger partial charge in [-0.3, -0.25) is 9.59 Å². The molecule has 3 aromatic rings. The second-order valence-corrected chi connectivity index (χ2v) is 7.72. The van der Waals surface area contributed by atoms with E-state index in [1.54, 1.807) is 43.5 Å². The molecule has 0 radical (unpaired) electrons. The Bertz CT molecular complexity index is 1170. The van der Waals surface area contributed by atoms with Crippen molar-refractivity contribution in [3.05, 3.63) is 78.1 Å². The van der Waals surface area contributed by atoms with Gasteiger partial charge in [0.05, 0.1) is 25.9 Å². The first-order valence-corrected chi connectivity index (χ1v) is 10.9. The molecule has 4 rings (SSSR count). The molecular weight excluding hydrogens is 439 g/mol. The summed E-state index contributed by atoms with van der Waals surface area (Å²) in [5, 5.41) is 2.84. The van der Waals surface area contributed by atoms with Crippen LogP contribution in [0, 0.1) is 5.82 Å². The summed E-state index contributed by atoms with van der Waals surface area (Å²) in [4.78, 5) is 26.2. The Hall–Kier alpha value is -4.07. The third-order valence-corrected chi connectivity index (χ3v) is 5.35. The van der Waals surface area contributed by atoms with Crippen LogP contribution in [0.5, 0.6) is 17.2 Å². The number of benzene rings is 3. The minimum Gasteiger partial charge on any atom is -0.497 e.